The van der Waals surface area contributed by atoms with Crippen molar-refractivity contribution in [1.82, 2.24) is 0 Å². The van der Waals surface area contributed by atoms with Crippen LogP contribution in [0.1, 0.15) is 11.1 Å². The summed E-state index contributed by atoms with van der Waals surface area (Å²) in [5, 5.41) is 4.60. The van der Waals surface area contributed by atoms with Crippen molar-refractivity contribution in [2.45, 2.75) is 12.3 Å². The molecule has 2 rings (SSSR count). The first-order valence-electron chi connectivity index (χ1n) is 3.94. The lowest BCUT2D eigenvalue weighted by molar-refractivity contribution is 1.45. The summed E-state index contributed by atoms with van der Waals surface area (Å²) in [7, 11) is 0. The van der Waals surface area contributed by atoms with Gasteiger partial charge in [0.1, 0.15) is 0 Å². The smallest absolute Gasteiger partial charge is 0.0359 e. The second-order valence-corrected chi connectivity index (χ2v) is 5.71. The number of aryl methyl sites for hydroxylation is 1. The van der Waals surface area contributed by atoms with Gasteiger partial charge >= 0.3 is 0 Å². The van der Waals surface area contributed by atoms with Gasteiger partial charge in [-0.2, -0.15) is 0 Å². The van der Waals surface area contributed by atoms with Crippen molar-refractivity contribution >= 4 is 59.9 Å². The molecule has 0 spiro atoms. The molecule has 0 fully saturated rings. The molecule has 0 unspecified atom stereocenters. The normalized spacial score (nSPS) is 11.0. The van der Waals surface area contributed by atoms with Crippen LogP contribution >= 0.6 is 49.9 Å². The fraction of sp³-hybridized carbons (Fsp3) is 0.200. The van der Waals surface area contributed by atoms with Gasteiger partial charge < -0.3 is 0 Å². The lowest BCUT2D eigenvalue weighted by atomic mass is 10.1. The fourth-order valence-electron chi connectivity index (χ4n) is 1.49. The number of rotatable bonds is 1. The van der Waals surface area contributed by atoms with E-state index in [0.717, 1.165) is 5.33 Å². The summed E-state index contributed by atoms with van der Waals surface area (Å²) >= 11 is 7.74. The average Bonchev–Trinajstić information content (AvgIpc) is 2.46. The SMILES string of the molecule is Cc1csc2cc(I)cc(CBr)c12. The number of fused-ring (bicyclic) bond motifs is 1. The van der Waals surface area contributed by atoms with Gasteiger partial charge in [0.25, 0.3) is 0 Å². The lowest BCUT2D eigenvalue weighted by Gasteiger charge is -2.01. The van der Waals surface area contributed by atoms with E-state index in [1.807, 2.05) is 11.3 Å². The van der Waals surface area contributed by atoms with Gasteiger partial charge in [0, 0.05) is 13.6 Å². The maximum Gasteiger partial charge on any atom is 0.0359 e. The highest BCUT2D eigenvalue weighted by Crippen LogP contribution is 2.31. The van der Waals surface area contributed by atoms with E-state index in [9.17, 15) is 0 Å². The summed E-state index contributed by atoms with van der Waals surface area (Å²) in [4.78, 5) is 0. The van der Waals surface area contributed by atoms with Crippen LogP contribution in [0, 0.1) is 10.5 Å². The quantitative estimate of drug-likeness (QED) is 0.506. The van der Waals surface area contributed by atoms with Crippen LogP contribution in [0.3, 0.4) is 0 Å². The van der Waals surface area contributed by atoms with Crippen LogP contribution in [0.4, 0.5) is 0 Å². The summed E-state index contributed by atoms with van der Waals surface area (Å²) in [5.74, 6) is 0. The van der Waals surface area contributed by atoms with Crippen molar-refractivity contribution in [3.8, 4) is 0 Å². The molecule has 0 aliphatic heterocycles. The number of halogens is 2. The molecule has 1 heterocycles. The molecule has 68 valence electrons. The van der Waals surface area contributed by atoms with E-state index in [1.54, 1.807) is 0 Å². The Morgan fingerprint density at radius 3 is 2.92 bits per heavy atom. The summed E-state index contributed by atoms with van der Waals surface area (Å²) in [6.45, 7) is 2.18. The van der Waals surface area contributed by atoms with E-state index in [2.05, 4.69) is 63.0 Å². The predicted molar refractivity (Wildman–Crippen MR) is 71.9 cm³/mol. The van der Waals surface area contributed by atoms with Crippen LogP contribution in [-0.4, -0.2) is 0 Å². The summed E-state index contributed by atoms with van der Waals surface area (Å²) in [6, 6.07) is 4.50. The number of benzene rings is 1. The van der Waals surface area contributed by atoms with Crippen LogP contribution in [0.25, 0.3) is 10.1 Å². The molecule has 0 aliphatic carbocycles. The van der Waals surface area contributed by atoms with Crippen molar-refractivity contribution < 1.29 is 0 Å². The Hall–Kier alpha value is 0.390. The third-order valence-corrected chi connectivity index (χ3v) is 4.32. The minimum atomic E-state index is 0.942. The maximum atomic E-state index is 3.53. The van der Waals surface area contributed by atoms with Crippen molar-refractivity contribution in [3.63, 3.8) is 0 Å². The molecule has 1 aromatic carbocycles. The second-order valence-electron chi connectivity index (χ2n) is 2.99. The molecule has 1 aromatic heterocycles. The largest absolute Gasteiger partial charge is 0.143 e. The molecule has 0 atom stereocenters. The van der Waals surface area contributed by atoms with Gasteiger partial charge in [-0.05, 0) is 63.5 Å². The van der Waals surface area contributed by atoms with E-state index in [-0.39, 0.29) is 0 Å². The number of alkyl halides is 1. The highest BCUT2D eigenvalue weighted by molar-refractivity contribution is 14.1. The fourth-order valence-corrected chi connectivity index (χ4v) is 3.86. The zero-order valence-electron chi connectivity index (χ0n) is 7.10. The molecule has 0 saturated carbocycles. The van der Waals surface area contributed by atoms with Crippen LogP contribution in [-0.2, 0) is 5.33 Å². The molecular weight excluding hydrogens is 359 g/mol. The monoisotopic (exact) mass is 366 g/mol. The zero-order valence-corrected chi connectivity index (χ0v) is 11.7. The topological polar surface area (TPSA) is 0 Å². The van der Waals surface area contributed by atoms with Gasteiger partial charge in [0.15, 0.2) is 0 Å². The first-order valence-corrected chi connectivity index (χ1v) is 7.02. The van der Waals surface area contributed by atoms with Crippen molar-refractivity contribution in [3.05, 3.63) is 32.2 Å². The first kappa shape index (κ1) is 9.93. The average molecular weight is 367 g/mol. The van der Waals surface area contributed by atoms with Gasteiger partial charge in [0.05, 0.1) is 0 Å². The molecule has 0 N–H and O–H groups in total. The van der Waals surface area contributed by atoms with Crippen LogP contribution in [0.5, 0.6) is 0 Å². The van der Waals surface area contributed by atoms with Gasteiger partial charge in [0.2, 0.25) is 0 Å². The molecule has 0 aliphatic rings. The second kappa shape index (κ2) is 3.87. The molecule has 13 heavy (non-hydrogen) atoms. The van der Waals surface area contributed by atoms with Gasteiger partial charge in [-0.15, -0.1) is 11.3 Å². The molecule has 0 radical (unpaired) electrons. The highest BCUT2D eigenvalue weighted by Gasteiger charge is 2.06. The van der Waals surface area contributed by atoms with Crippen LogP contribution in [0.15, 0.2) is 17.5 Å². The molecular formula is C10H8BrIS. The van der Waals surface area contributed by atoms with Crippen LogP contribution in [0.2, 0.25) is 0 Å². The minimum Gasteiger partial charge on any atom is -0.143 e. The minimum absolute atomic E-state index is 0.942. The van der Waals surface area contributed by atoms with Crippen molar-refractivity contribution in [2.24, 2.45) is 0 Å². The van der Waals surface area contributed by atoms with E-state index < -0.39 is 0 Å². The molecule has 2 aromatic rings. The Labute approximate surface area is 104 Å². The molecule has 0 saturated heterocycles. The lowest BCUT2D eigenvalue weighted by Crippen LogP contribution is -1.82. The predicted octanol–water partition coefficient (Wildman–Crippen LogP) is 4.71. The number of hydrogen-bond acceptors (Lipinski definition) is 1. The van der Waals surface area contributed by atoms with Gasteiger partial charge in [-0.25, -0.2) is 0 Å². The molecule has 0 nitrogen and oxygen atoms in total. The van der Waals surface area contributed by atoms with E-state index in [1.165, 1.54) is 24.8 Å². The maximum absolute atomic E-state index is 3.53. The third-order valence-electron chi connectivity index (χ3n) is 2.05. The summed E-state index contributed by atoms with van der Waals surface area (Å²) in [6.07, 6.45) is 0. The van der Waals surface area contributed by atoms with Gasteiger partial charge in [-0.3, -0.25) is 0 Å². The zero-order chi connectivity index (χ0) is 9.42. The molecule has 3 heteroatoms. The van der Waals surface area contributed by atoms with E-state index in [0.29, 0.717) is 0 Å². The Balaban J connectivity index is 2.85. The highest BCUT2D eigenvalue weighted by atomic mass is 127. The first-order chi connectivity index (χ1) is 6.22. The van der Waals surface area contributed by atoms with Gasteiger partial charge in [-0.1, -0.05) is 15.9 Å². The Kier molecular flexibility index (Phi) is 2.95. The van der Waals surface area contributed by atoms with Crippen LogP contribution < -0.4 is 0 Å². The molecule has 0 bridgehead atoms. The van der Waals surface area contributed by atoms with Crippen molar-refractivity contribution in [1.29, 1.82) is 0 Å². The Bertz CT molecular complexity index is 447. The summed E-state index contributed by atoms with van der Waals surface area (Å²) in [5.41, 5.74) is 2.80. The number of hydrogen-bond donors (Lipinski definition) is 0. The summed E-state index contributed by atoms with van der Waals surface area (Å²) < 4.78 is 2.72. The Morgan fingerprint density at radius 1 is 1.46 bits per heavy atom. The third kappa shape index (κ3) is 1.78. The van der Waals surface area contributed by atoms with E-state index in [4.69, 9.17) is 0 Å². The molecule has 0 amide bonds. The Morgan fingerprint density at radius 2 is 2.23 bits per heavy atom. The number of thiophene rings is 1. The van der Waals surface area contributed by atoms with E-state index >= 15 is 0 Å². The van der Waals surface area contributed by atoms with Crippen molar-refractivity contribution in [2.75, 3.05) is 0 Å². The standard InChI is InChI=1S/C10H8BrIS/c1-6-5-13-9-3-8(12)2-7(4-11)10(6)9/h2-3,5H,4H2,1H3.